The van der Waals surface area contributed by atoms with E-state index < -0.39 is 0 Å². The summed E-state index contributed by atoms with van der Waals surface area (Å²) < 4.78 is 1.78. The average molecular weight is 240 g/mol. The molecule has 6 nitrogen and oxygen atoms in total. The molecule has 0 saturated carbocycles. The van der Waals surface area contributed by atoms with E-state index in [1.807, 2.05) is 31.4 Å². The molecule has 0 saturated heterocycles. The second-order valence-electron chi connectivity index (χ2n) is 4.10. The fourth-order valence-corrected chi connectivity index (χ4v) is 1.94. The third-order valence-corrected chi connectivity index (χ3v) is 2.77. The van der Waals surface area contributed by atoms with E-state index in [9.17, 15) is 0 Å². The number of nitrogens with two attached hydrogens (primary N) is 2. The minimum Gasteiger partial charge on any atom is -0.383 e. The van der Waals surface area contributed by atoms with Crippen LogP contribution in [0.25, 0.3) is 22.0 Å². The molecule has 0 amide bonds. The van der Waals surface area contributed by atoms with Crippen molar-refractivity contribution >= 4 is 22.7 Å². The summed E-state index contributed by atoms with van der Waals surface area (Å²) in [4.78, 5) is 7.92. The van der Waals surface area contributed by atoms with Gasteiger partial charge in [-0.25, -0.2) is 4.98 Å². The first-order chi connectivity index (χ1) is 8.63. The van der Waals surface area contributed by atoms with Crippen molar-refractivity contribution in [2.24, 2.45) is 7.05 Å². The molecule has 0 aliphatic heterocycles. The number of fused-ring (bicyclic) bond motifs is 1. The van der Waals surface area contributed by atoms with Crippen LogP contribution in [0.15, 0.2) is 30.6 Å². The number of nitrogens with zero attached hydrogens (tertiary/aromatic N) is 4. The first-order valence-electron chi connectivity index (χ1n) is 5.45. The molecule has 0 spiro atoms. The molecule has 3 aromatic rings. The van der Waals surface area contributed by atoms with Crippen molar-refractivity contribution in [1.82, 2.24) is 19.7 Å². The number of rotatable bonds is 1. The molecule has 0 aliphatic carbocycles. The highest BCUT2D eigenvalue weighted by Gasteiger charge is 2.07. The van der Waals surface area contributed by atoms with Crippen LogP contribution in [0.4, 0.5) is 11.8 Å². The normalized spacial score (nSPS) is 10.9. The Morgan fingerprint density at radius 3 is 2.83 bits per heavy atom. The second kappa shape index (κ2) is 3.69. The van der Waals surface area contributed by atoms with Crippen molar-refractivity contribution in [3.05, 3.63) is 30.6 Å². The summed E-state index contributed by atoms with van der Waals surface area (Å²) >= 11 is 0. The smallest absolute Gasteiger partial charge is 0.221 e. The summed E-state index contributed by atoms with van der Waals surface area (Å²) in [6.07, 6.45) is 3.59. The van der Waals surface area contributed by atoms with Gasteiger partial charge in [0.05, 0.1) is 5.52 Å². The lowest BCUT2D eigenvalue weighted by Gasteiger charge is -2.04. The van der Waals surface area contributed by atoms with Gasteiger partial charge in [0, 0.05) is 30.4 Å². The lowest BCUT2D eigenvalue weighted by molar-refractivity contribution is 0.780. The Hall–Kier alpha value is -2.63. The van der Waals surface area contributed by atoms with Gasteiger partial charge in [-0.15, -0.1) is 0 Å². The lowest BCUT2D eigenvalue weighted by Crippen LogP contribution is -2.00. The predicted octanol–water partition coefficient (Wildman–Crippen LogP) is 1.19. The maximum absolute atomic E-state index is 5.85. The van der Waals surface area contributed by atoms with Gasteiger partial charge in [0.15, 0.2) is 0 Å². The maximum atomic E-state index is 5.85. The van der Waals surface area contributed by atoms with Crippen molar-refractivity contribution in [1.29, 1.82) is 0 Å². The van der Waals surface area contributed by atoms with E-state index in [-0.39, 0.29) is 5.95 Å². The van der Waals surface area contributed by atoms with E-state index in [0.717, 1.165) is 22.0 Å². The maximum Gasteiger partial charge on any atom is 0.221 e. The van der Waals surface area contributed by atoms with E-state index in [2.05, 4.69) is 15.1 Å². The summed E-state index contributed by atoms with van der Waals surface area (Å²) in [6, 6.07) is 5.92. The molecule has 6 heteroatoms. The zero-order chi connectivity index (χ0) is 12.7. The Bertz CT molecular complexity index is 731. The molecule has 0 atom stereocenters. The zero-order valence-corrected chi connectivity index (χ0v) is 9.83. The standard InChI is InChI=1S/C12H12N6/c1-18-6-8-3-2-7(4-10(8)17-18)9-5-15-12(14)16-11(9)13/h2-6H,1H3,(H4,13,14,15,16). The van der Waals surface area contributed by atoms with Crippen LogP contribution >= 0.6 is 0 Å². The Labute approximate surface area is 103 Å². The van der Waals surface area contributed by atoms with Crippen LogP contribution in [-0.4, -0.2) is 19.7 Å². The number of aryl methyl sites for hydroxylation is 1. The highest BCUT2D eigenvalue weighted by molar-refractivity contribution is 5.86. The Kier molecular flexibility index (Phi) is 2.16. The molecular weight excluding hydrogens is 228 g/mol. The van der Waals surface area contributed by atoms with Crippen LogP contribution in [0.5, 0.6) is 0 Å². The quantitative estimate of drug-likeness (QED) is 0.666. The summed E-state index contributed by atoms with van der Waals surface area (Å²) in [7, 11) is 1.89. The summed E-state index contributed by atoms with van der Waals surface area (Å²) in [5.74, 6) is 0.549. The van der Waals surface area contributed by atoms with Gasteiger partial charge >= 0.3 is 0 Å². The van der Waals surface area contributed by atoms with Crippen LogP contribution in [0.3, 0.4) is 0 Å². The number of aromatic nitrogens is 4. The third kappa shape index (κ3) is 1.64. The van der Waals surface area contributed by atoms with Crippen LogP contribution < -0.4 is 11.5 Å². The van der Waals surface area contributed by atoms with Gasteiger partial charge in [-0.05, 0) is 11.6 Å². The van der Waals surface area contributed by atoms with Crippen molar-refractivity contribution < 1.29 is 0 Å². The fourth-order valence-electron chi connectivity index (χ4n) is 1.94. The van der Waals surface area contributed by atoms with E-state index >= 15 is 0 Å². The number of nitrogen functional groups attached to an aromatic ring is 2. The van der Waals surface area contributed by atoms with E-state index in [1.165, 1.54) is 0 Å². The minimum absolute atomic E-state index is 0.176. The van der Waals surface area contributed by atoms with Crippen LogP contribution in [-0.2, 0) is 7.05 Å². The Morgan fingerprint density at radius 1 is 1.22 bits per heavy atom. The monoisotopic (exact) mass is 240 g/mol. The molecule has 90 valence electrons. The van der Waals surface area contributed by atoms with Gasteiger partial charge in [-0.3, -0.25) is 4.68 Å². The first-order valence-corrected chi connectivity index (χ1v) is 5.45. The van der Waals surface area contributed by atoms with Crippen molar-refractivity contribution in [2.75, 3.05) is 11.5 Å². The molecule has 0 unspecified atom stereocenters. The molecule has 0 radical (unpaired) electrons. The number of anilines is 2. The topological polar surface area (TPSA) is 95.6 Å². The van der Waals surface area contributed by atoms with Crippen LogP contribution in [0, 0.1) is 0 Å². The average Bonchev–Trinajstić information content (AvgIpc) is 2.68. The van der Waals surface area contributed by atoms with Crippen LogP contribution in [0.1, 0.15) is 0 Å². The van der Waals surface area contributed by atoms with Crippen molar-refractivity contribution in [2.45, 2.75) is 0 Å². The van der Waals surface area contributed by atoms with Gasteiger partial charge in [0.2, 0.25) is 5.95 Å². The van der Waals surface area contributed by atoms with Crippen molar-refractivity contribution in [3.8, 4) is 11.1 Å². The second-order valence-corrected chi connectivity index (χ2v) is 4.10. The molecule has 2 heterocycles. The molecule has 3 rings (SSSR count). The summed E-state index contributed by atoms with van der Waals surface area (Å²) in [6.45, 7) is 0. The molecule has 0 aliphatic rings. The highest BCUT2D eigenvalue weighted by atomic mass is 15.2. The molecule has 0 fully saturated rings. The number of benzene rings is 1. The van der Waals surface area contributed by atoms with Crippen molar-refractivity contribution in [3.63, 3.8) is 0 Å². The van der Waals surface area contributed by atoms with Gasteiger partial charge in [-0.1, -0.05) is 12.1 Å². The molecule has 4 N–H and O–H groups in total. The third-order valence-electron chi connectivity index (χ3n) is 2.77. The van der Waals surface area contributed by atoms with E-state index in [1.54, 1.807) is 10.9 Å². The Balaban J connectivity index is 2.18. The number of hydrogen-bond acceptors (Lipinski definition) is 5. The van der Waals surface area contributed by atoms with Gasteiger partial charge in [-0.2, -0.15) is 10.1 Å². The predicted molar refractivity (Wildman–Crippen MR) is 70.6 cm³/mol. The van der Waals surface area contributed by atoms with Gasteiger partial charge in [0.1, 0.15) is 5.82 Å². The largest absolute Gasteiger partial charge is 0.383 e. The molecule has 18 heavy (non-hydrogen) atoms. The zero-order valence-electron chi connectivity index (χ0n) is 9.83. The number of hydrogen-bond donors (Lipinski definition) is 2. The highest BCUT2D eigenvalue weighted by Crippen LogP contribution is 2.26. The van der Waals surface area contributed by atoms with E-state index in [4.69, 9.17) is 11.5 Å². The SMILES string of the molecule is Cn1cc2ccc(-c3cnc(N)nc3N)cc2n1. The molecular formula is C12H12N6. The minimum atomic E-state index is 0.176. The molecule has 0 bridgehead atoms. The first kappa shape index (κ1) is 10.5. The molecule has 2 aromatic heterocycles. The van der Waals surface area contributed by atoms with Gasteiger partial charge in [0.25, 0.3) is 0 Å². The Morgan fingerprint density at radius 2 is 2.06 bits per heavy atom. The lowest BCUT2D eigenvalue weighted by atomic mass is 10.1. The fraction of sp³-hybridized carbons (Fsp3) is 0.0833. The van der Waals surface area contributed by atoms with Crippen LogP contribution in [0.2, 0.25) is 0 Å². The summed E-state index contributed by atoms with van der Waals surface area (Å²) in [5, 5.41) is 5.44. The van der Waals surface area contributed by atoms with Gasteiger partial charge < -0.3 is 11.5 Å². The van der Waals surface area contributed by atoms with E-state index in [0.29, 0.717) is 5.82 Å². The molecule has 1 aromatic carbocycles. The summed E-state index contributed by atoms with van der Waals surface area (Å²) in [5.41, 5.74) is 13.9.